The molecule has 4 heteroatoms. The molecule has 0 heterocycles. The van der Waals surface area contributed by atoms with Crippen molar-refractivity contribution in [3.8, 4) is 0 Å². The minimum atomic E-state index is -1.77. The lowest BCUT2D eigenvalue weighted by atomic mass is 9.78. The van der Waals surface area contributed by atoms with E-state index >= 15 is 0 Å². The van der Waals surface area contributed by atoms with Crippen LogP contribution in [0.15, 0.2) is 48.5 Å². The summed E-state index contributed by atoms with van der Waals surface area (Å²) in [5.41, 5.74) is 1.86. The predicted molar refractivity (Wildman–Crippen MR) is 65.5 cm³/mol. The van der Waals surface area contributed by atoms with Gasteiger partial charge in [-0.2, -0.15) is 0 Å². The summed E-state index contributed by atoms with van der Waals surface area (Å²) in [5.74, 6) is -0.600. The Balaban J connectivity index is 2.26. The van der Waals surface area contributed by atoms with Gasteiger partial charge in [-0.15, -0.1) is 0 Å². The molecule has 0 amide bonds. The highest BCUT2D eigenvalue weighted by Crippen LogP contribution is 2.09. The quantitative estimate of drug-likeness (QED) is 0.775. The van der Waals surface area contributed by atoms with E-state index in [1.165, 1.54) is 12.1 Å². The molecule has 2 aromatic rings. The molecule has 0 spiro atoms. The molecule has 86 valence electrons. The molecule has 2 rings (SSSR count). The van der Waals surface area contributed by atoms with Crippen molar-refractivity contribution in [1.29, 1.82) is 0 Å². The van der Waals surface area contributed by atoms with Crippen LogP contribution in [0.4, 0.5) is 4.39 Å². The first-order chi connectivity index (χ1) is 8.16. The van der Waals surface area contributed by atoms with E-state index in [1.54, 1.807) is 6.07 Å². The van der Waals surface area contributed by atoms with Gasteiger partial charge in [-0.05, 0) is 23.6 Å². The van der Waals surface area contributed by atoms with Gasteiger partial charge < -0.3 is 10.0 Å². The van der Waals surface area contributed by atoms with Crippen molar-refractivity contribution in [3.63, 3.8) is 0 Å². The Labute approximate surface area is 99.5 Å². The zero-order valence-corrected chi connectivity index (χ0v) is 9.18. The van der Waals surface area contributed by atoms with E-state index in [2.05, 4.69) is 0 Å². The van der Waals surface area contributed by atoms with Crippen LogP contribution in [0.25, 0.3) is 0 Å². The largest absolute Gasteiger partial charge is 0.491 e. The molecular weight excluding hydrogens is 218 g/mol. The van der Waals surface area contributed by atoms with Crippen LogP contribution in [0.5, 0.6) is 0 Å². The third-order valence-electron chi connectivity index (χ3n) is 2.59. The summed E-state index contributed by atoms with van der Waals surface area (Å²) in [6, 6.07) is 14.1. The van der Waals surface area contributed by atoms with Crippen molar-refractivity contribution in [1.82, 2.24) is 0 Å². The van der Waals surface area contributed by atoms with E-state index in [1.807, 2.05) is 30.3 Å². The normalized spacial score (nSPS) is 10.3. The van der Waals surface area contributed by atoms with Crippen molar-refractivity contribution in [2.75, 3.05) is 0 Å². The minimum absolute atomic E-state index is 0.0848. The fourth-order valence-electron chi connectivity index (χ4n) is 1.73. The van der Waals surface area contributed by atoms with Gasteiger partial charge in [0.1, 0.15) is 5.82 Å². The first-order valence-electron chi connectivity index (χ1n) is 5.35. The first-order valence-corrected chi connectivity index (χ1v) is 5.35. The van der Waals surface area contributed by atoms with Crippen molar-refractivity contribution >= 4 is 12.6 Å². The number of halogens is 1. The topological polar surface area (TPSA) is 40.5 Å². The van der Waals surface area contributed by atoms with Gasteiger partial charge in [-0.3, -0.25) is 0 Å². The molecular formula is C13H12BFO2. The second-order valence-electron chi connectivity index (χ2n) is 3.89. The lowest BCUT2D eigenvalue weighted by molar-refractivity contribution is 0.423. The minimum Gasteiger partial charge on any atom is -0.423 e. The Hall–Kier alpha value is -1.65. The van der Waals surface area contributed by atoms with Crippen LogP contribution >= 0.6 is 0 Å². The van der Waals surface area contributed by atoms with E-state index < -0.39 is 12.9 Å². The van der Waals surface area contributed by atoms with Crippen molar-refractivity contribution in [2.45, 2.75) is 6.42 Å². The van der Waals surface area contributed by atoms with Crippen molar-refractivity contribution in [3.05, 3.63) is 65.5 Å². The fraction of sp³-hybridized carbons (Fsp3) is 0.0769. The zero-order valence-electron chi connectivity index (χ0n) is 9.18. The van der Waals surface area contributed by atoms with E-state index in [0.717, 1.165) is 11.1 Å². The second-order valence-corrected chi connectivity index (χ2v) is 3.89. The molecule has 0 fully saturated rings. The fourth-order valence-corrected chi connectivity index (χ4v) is 1.73. The third-order valence-corrected chi connectivity index (χ3v) is 2.59. The molecule has 0 radical (unpaired) electrons. The van der Waals surface area contributed by atoms with Crippen LogP contribution in [0.3, 0.4) is 0 Å². The van der Waals surface area contributed by atoms with Gasteiger partial charge in [0.25, 0.3) is 0 Å². The number of hydrogen-bond acceptors (Lipinski definition) is 2. The van der Waals surface area contributed by atoms with Crippen LogP contribution in [0.1, 0.15) is 11.1 Å². The zero-order chi connectivity index (χ0) is 12.3. The maximum Gasteiger partial charge on any atom is 0.491 e. The van der Waals surface area contributed by atoms with Crippen molar-refractivity contribution < 1.29 is 14.4 Å². The van der Waals surface area contributed by atoms with Gasteiger partial charge in [0.05, 0.1) is 0 Å². The molecule has 2 N–H and O–H groups in total. The van der Waals surface area contributed by atoms with Crippen LogP contribution in [0, 0.1) is 5.82 Å². The summed E-state index contributed by atoms with van der Waals surface area (Å²) >= 11 is 0. The van der Waals surface area contributed by atoms with Gasteiger partial charge in [-0.1, -0.05) is 42.5 Å². The Bertz CT molecular complexity index is 500. The molecule has 0 saturated carbocycles. The van der Waals surface area contributed by atoms with Gasteiger partial charge in [0.2, 0.25) is 0 Å². The highest BCUT2D eigenvalue weighted by molar-refractivity contribution is 6.58. The number of hydrogen-bond donors (Lipinski definition) is 2. The van der Waals surface area contributed by atoms with E-state index in [9.17, 15) is 4.39 Å². The summed E-state index contributed by atoms with van der Waals surface area (Å²) in [6.45, 7) is 0. The number of benzene rings is 2. The summed E-state index contributed by atoms with van der Waals surface area (Å²) in [7, 11) is -1.77. The van der Waals surface area contributed by atoms with E-state index in [0.29, 0.717) is 6.42 Å². The molecule has 2 aromatic carbocycles. The molecule has 0 aliphatic carbocycles. The Morgan fingerprint density at radius 2 is 1.65 bits per heavy atom. The van der Waals surface area contributed by atoms with Gasteiger partial charge in [-0.25, -0.2) is 4.39 Å². The summed E-state index contributed by atoms with van der Waals surface area (Å²) in [4.78, 5) is 0. The highest BCUT2D eigenvalue weighted by atomic mass is 19.1. The second kappa shape index (κ2) is 5.12. The number of rotatable bonds is 3. The van der Waals surface area contributed by atoms with Crippen LogP contribution in [0.2, 0.25) is 0 Å². The smallest absolute Gasteiger partial charge is 0.423 e. The third kappa shape index (κ3) is 2.93. The van der Waals surface area contributed by atoms with E-state index in [4.69, 9.17) is 10.0 Å². The van der Waals surface area contributed by atoms with Gasteiger partial charge >= 0.3 is 7.12 Å². The standard InChI is InChI=1S/C13H12BFO2/c15-13-7-6-11(9-12(13)14(16)17)8-10-4-2-1-3-5-10/h1-7,9,16-17H,8H2. The molecule has 0 unspecified atom stereocenters. The Morgan fingerprint density at radius 3 is 2.29 bits per heavy atom. The van der Waals surface area contributed by atoms with E-state index in [-0.39, 0.29) is 5.46 Å². The Morgan fingerprint density at radius 1 is 0.941 bits per heavy atom. The van der Waals surface area contributed by atoms with Crippen LogP contribution in [-0.2, 0) is 6.42 Å². The predicted octanol–water partition coefficient (Wildman–Crippen LogP) is 1.10. The average molecular weight is 230 g/mol. The van der Waals surface area contributed by atoms with Crippen molar-refractivity contribution in [2.24, 2.45) is 0 Å². The van der Waals surface area contributed by atoms with Crippen LogP contribution in [-0.4, -0.2) is 17.2 Å². The maximum atomic E-state index is 13.2. The molecule has 17 heavy (non-hydrogen) atoms. The summed E-state index contributed by atoms with van der Waals surface area (Å²) in [6.07, 6.45) is 0.640. The molecule has 0 aliphatic rings. The molecule has 0 saturated heterocycles. The molecule has 0 aromatic heterocycles. The Kier molecular flexibility index (Phi) is 3.56. The molecule has 0 aliphatic heterocycles. The maximum absolute atomic E-state index is 13.2. The van der Waals surface area contributed by atoms with Gasteiger partial charge in [0, 0.05) is 5.46 Å². The molecule has 0 bridgehead atoms. The molecule has 2 nitrogen and oxygen atoms in total. The summed E-state index contributed by atoms with van der Waals surface area (Å²) < 4.78 is 13.2. The monoisotopic (exact) mass is 230 g/mol. The lowest BCUT2D eigenvalue weighted by Gasteiger charge is -2.06. The SMILES string of the molecule is OB(O)c1cc(Cc2ccccc2)ccc1F. The van der Waals surface area contributed by atoms with Gasteiger partial charge in [0.15, 0.2) is 0 Å². The van der Waals surface area contributed by atoms with Crippen LogP contribution < -0.4 is 5.46 Å². The lowest BCUT2D eigenvalue weighted by Crippen LogP contribution is -2.33. The summed E-state index contributed by atoms with van der Waals surface area (Å²) in [5, 5.41) is 18.0. The first kappa shape index (κ1) is 11.8. The molecule has 0 atom stereocenters. The average Bonchev–Trinajstić information content (AvgIpc) is 2.32. The highest BCUT2D eigenvalue weighted by Gasteiger charge is 2.16.